The lowest BCUT2D eigenvalue weighted by Crippen LogP contribution is -2.26. The molecule has 3 heterocycles. The van der Waals surface area contributed by atoms with Crippen LogP contribution in [0.5, 0.6) is 5.75 Å². The maximum Gasteiger partial charge on any atom is 0.339 e. The number of halogens is 1. The molecule has 13 heteroatoms. The minimum Gasteiger partial charge on any atom is -0.482 e. The van der Waals surface area contributed by atoms with E-state index in [-0.39, 0.29) is 53.8 Å². The summed E-state index contributed by atoms with van der Waals surface area (Å²) in [5.74, 6) is -1.31. The maximum atomic E-state index is 12.5. The highest BCUT2D eigenvalue weighted by atomic mass is 35.5. The van der Waals surface area contributed by atoms with Crippen LogP contribution in [0.1, 0.15) is 37.5 Å². The second-order valence-electron chi connectivity index (χ2n) is 7.82. The number of hydrogen-bond acceptors (Lipinski definition) is 8. The van der Waals surface area contributed by atoms with Crippen molar-refractivity contribution < 1.29 is 24.2 Å². The van der Waals surface area contributed by atoms with Gasteiger partial charge in [-0.15, -0.1) is 12.4 Å². The van der Waals surface area contributed by atoms with E-state index in [1.54, 1.807) is 30.3 Å². The molecule has 0 bridgehead atoms. The number of aromatic carboxylic acids is 1. The number of carboxylic acid groups (broad SMARTS) is 1. The summed E-state index contributed by atoms with van der Waals surface area (Å²) in [5.41, 5.74) is 8.74. The third-order valence-corrected chi connectivity index (χ3v) is 5.33. The number of nitrogens with one attached hydrogen (secondary N) is 3. The van der Waals surface area contributed by atoms with Crippen molar-refractivity contribution in [1.29, 1.82) is 5.26 Å². The predicted molar refractivity (Wildman–Crippen MR) is 139 cm³/mol. The molecular formula is C25H22ClN7O5. The molecule has 0 saturated carbocycles. The third kappa shape index (κ3) is 6.22. The minimum atomic E-state index is -1.15. The largest absolute Gasteiger partial charge is 0.482 e. The van der Waals surface area contributed by atoms with Gasteiger partial charge in [0.05, 0.1) is 22.8 Å². The zero-order chi connectivity index (χ0) is 26.4. The predicted octanol–water partition coefficient (Wildman–Crippen LogP) is 2.36. The molecule has 0 unspecified atom stereocenters. The number of nitrogens with two attached hydrogens (primary N) is 1. The summed E-state index contributed by atoms with van der Waals surface area (Å²) < 4.78 is 5.29. The zero-order valence-corrected chi connectivity index (χ0v) is 20.5. The van der Waals surface area contributed by atoms with E-state index in [2.05, 4.69) is 25.6 Å². The zero-order valence-electron chi connectivity index (χ0n) is 19.7. The van der Waals surface area contributed by atoms with Crippen LogP contribution in [0.25, 0.3) is 11.0 Å². The number of nitrogens with zero attached hydrogens (tertiary/aromatic N) is 3. The number of aromatic nitrogens is 3. The quantitative estimate of drug-likeness (QED) is 0.254. The molecule has 0 saturated heterocycles. The monoisotopic (exact) mass is 535 g/mol. The van der Waals surface area contributed by atoms with Crippen molar-refractivity contribution in [3.8, 4) is 11.8 Å². The molecule has 0 spiro atoms. The van der Waals surface area contributed by atoms with Crippen LogP contribution in [-0.2, 0) is 17.9 Å². The van der Waals surface area contributed by atoms with Crippen molar-refractivity contribution in [3.63, 3.8) is 0 Å². The molecule has 0 atom stereocenters. The summed E-state index contributed by atoms with van der Waals surface area (Å²) in [6.07, 6.45) is 2.41. The Morgan fingerprint density at radius 3 is 2.74 bits per heavy atom. The summed E-state index contributed by atoms with van der Waals surface area (Å²) in [6.45, 7) is 0.650. The Morgan fingerprint density at radius 1 is 1.18 bits per heavy atom. The number of benzene rings is 2. The summed E-state index contributed by atoms with van der Waals surface area (Å²) >= 11 is 0. The number of hydrogen-bond donors (Lipinski definition) is 5. The molecular weight excluding hydrogens is 514 g/mol. The highest BCUT2D eigenvalue weighted by Gasteiger charge is 2.20. The van der Waals surface area contributed by atoms with Gasteiger partial charge < -0.3 is 31.2 Å². The average Bonchev–Trinajstić information content (AvgIpc) is 3.36. The first-order chi connectivity index (χ1) is 17.9. The van der Waals surface area contributed by atoms with Crippen LogP contribution in [0.4, 0.5) is 5.69 Å². The average molecular weight is 536 g/mol. The van der Waals surface area contributed by atoms with Crippen molar-refractivity contribution in [2.45, 2.75) is 13.1 Å². The van der Waals surface area contributed by atoms with Crippen molar-refractivity contribution in [2.24, 2.45) is 5.73 Å². The Kier molecular flexibility index (Phi) is 8.94. The van der Waals surface area contributed by atoms with Crippen molar-refractivity contribution in [2.75, 3.05) is 11.9 Å². The van der Waals surface area contributed by atoms with Crippen molar-refractivity contribution >= 4 is 46.9 Å². The van der Waals surface area contributed by atoms with E-state index in [0.29, 0.717) is 23.5 Å². The molecule has 5 rings (SSSR count). The Balaban J connectivity index is 0.000000308. The first-order valence-electron chi connectivity index (χ1n) is 11.0. The third-order valence-electron chi connectivity index (χ3n) is 5.33. The van der Waals surface area contributed by atoms with Crippen LogP contribution >= 0.6 is 12.4 Å². The smallest absolute Gasteiger partial charge is 0.339 e. The van der Waals surface area contributed by atoms with Crippen LogP contribution in [0.3, 0.4) is 0 Å². The fourth-order valence-corrected chi connectivity index (χ4v) is 3.55. The number of nitriles is 1. The number of carbonyl (C=O) groups excluding carboxylic acids is 2. The highest BCUT2D eigenvalue weighted by molar-refractivity contribution is 6.08. The van der Waals surface area contributed by atoms with Gasteiger partial charge in [0.2, 0.25) is 0 Å². The number of carbonyl (C=O) groups is 3. The Hall–Kier alpha value is -4.99. The first kappa shape index (κ1) is 27.6. The van der Waals surface area contributed by atoms with Gasteiger partial charge in [-0.05, 0) is 35.4 Å². The Bertz CT molecular complexity index is 1550. The number of anilines is 1. The second-order valence-corrected chi connectivity index (χ2v) is 7.82. The highest BCUT2D eigenvalue weighted by Crippen LogP contribution is 2.28. The van der Waals surface area contributed by atoms with Gasteiger partial charge in [0, 0.05) is 19.3 Å². The number of H-pyrrole nitrogens is 1. The van der Waals surface area contributed by atoms with E-state index in [1.165, 1.54) is 6.20 Å². The maximum absolute atomic E-state index is 12.5. The minimum absolute atomic E-state index is 0. The number of fused-ring (bicyclic) bond motifs is 2. The first-order valence-corrected chi connectivity index (χ1v) is 11.0. The molecule has 0 aliphatic carbocycles. The van der Waals surface area contributed by atoms with Gasteiger partial charge in [0.15, 0.2) is 12.3 Å². The molecule has 4 aromatic rings. The second kappa shape index (κ2) is 12.3. The van der Waals surface area contributed by atoms with Gasteiger partial charge in [-0.25, -0.2) is 14.8 Å². The van der Waals surface area contributed by atoms with Gasteiger partial charge >= 0.3 is 5.97 Å². The van der Waals surface area contributed by atoms with E-state index in [0.717, 1.165) is 17.5 Å². The van der Waals surface area contributed by atoms with Crippen LogP contribution in [-0.4, -0.2) is 44.4 Å². The van der Waals surface area contributed by atoms with Gasteiger partial charge in [0.25, 0.3) is 11.8 Å². The molecule has 12 nitrogen and oxygen atoms in total. The van der Waals surface area contributed by atoms with E-state index in [4.69, 9.17) is 20.8 Å². The van der Waals surface area contributed by atoms with E-state index >= 15 is 0 Å². The molecule has 2 amide bonds. The Morgan fingerprint density at radius 2 is 2.00 bits per heavy atom. The fourth-order valence-electron chi connectivity index (χ4n) is 3.55. The van der Waals surface area contributed by atoms with E-state index in [9.17, 15) is 14.4 Å². The number of ether oxygens (including phenoxy) is 1. The molecule has 2 aromatic carbocycles. The summed E-state index contributed by atoms with van der Waals surface area (Å²) in [4.78, 5) is 45.7. The molecule has 0 radical (unpaired) electrons. The number of amides is 2. The van der Waals surface area contributed by atoms with E-state index < -0.39 is 11.9 Å². The number of aromatic amines is 1. The lowest BCUT2D eigenvalue weighted by molar-refractivity contribution is -0.118. The number of carboxylic acids is 1. The standard InChI is InChI=1S/C17H13N5O5.C8H8N2.ClH/c23-12-6-27-11-2-1-8(3-10(11)22-12)4-19-16(24)15-14-13(20-7-21-15)9(5-18-14)17(25)26;9-5-7-2-1-3-8(4-7)6-10;/h1-3,5,7,18H,4,6H2,(H,19,24)(H,22,23)(H,25,26);1-4H,5,9H2;1H. The topological polar surface area (TPSA) is 196 Å². The van der Waals surface area contributed by atoms with Gasteiger partial charge in [-0.2, -0.15) is 5.26 Å². The summed E-state index contributed by atoms with van der Waals surface area (Å²) in [6, 6.07) is 14.5. The van der Waals surface area contributed by atoms with Crippen LogP contribution in [0, 0.1) is 11.3 Å². The SMILES string of the molecule is Cl.N#Cc1cccc(CN)c1.O=C1COc2ccc(CNC(=O)c3ncnc4c(C(=O)O)c[nH]c34)cc2N1. The molecule has 2 aromatic heterocycles. The molecule has 194 valence electrons. The summed E-state index contributed by atoms with van der Waals surface area (Å²) in [5, 5.41) is 23.0. The van der Waals surface area contributed by atoms with Crippen LogP contribution in [0.2, 0.25) is 0 Å². The normalized spacial score (nSPS) is 11.4. The van der Waals surface area contributed by atoms with Gasteiger partial charge in [-0.1, -0.05) is 18.2 Å². The van der Waals surface area contributed by atoms with Crippen molar-refractivity contribution in [1.82, 2.24) is 20.3 Å². The lowest BCUT2D eigenvalue weighted by Gasteiger charge is -2.18. The number of rotatable bonds is 5. The lowest BCUT2D eigenvalue weighted by atomic mass is 10.1. The summed E-state index contributed by atoms with van der Waals surface area (Å²) in [7, 11) is 0. The Labute approximate surface area is 222 Å². The molecule has 6 N–H and O–H groups in total. The van der Waals surface area contributed by atoms with E-state index in [1.807, 2.05) is 18.2 Å². The van der Waals surface area contributed by atoms with Gasteiger partial charge in [0.1, 0.15) is 23.2 Å². The molecule has 0 fully saturated rings. The van der Waals surface area contributed by atoms with Crippen LogP contribution in [0.15, 0.2) is 55.0 Å². The molecule has 1 aliphatic heterocycles. The van der Waals surface area contributed by atoms with Crippen LogP contribution < -0.4 is 21.1 Å². The van der Waals surface area contributed by atoms with Gasteiger partial charge in [-0.3, -0.25) is 9.59 Å². The molecule has 38 heavy (non-hydrogen) atoms. The fraction of sp³-hybridized carbons (Fsp3) is 0.120. The molecule has 1 aliphatic rings. The van der Waals surface area contributed by atoms with Crippen molar-refractivity contribution in [3.05, 3.63) is 82.9 Å².